The van der Waals surface area contributed by atoms with E-state index in [1.165, 1.54) is 17.7 Å². The summed E-state index contributed by atoms with van der Waals surface area (Å²) in [6.45, 7) is 0. The first-order chi connectivity index (χ1) is 6.77. The van der Waals surface area contributed by atoms with Gasteiger partial charge in [0.25, 0.3) is 0 Å². The molecule has 3 N–H and O–H groups in total. The Hall–Kier alpha value is -1.53. The summed E-state index contributed by atoms with van der Waals surface area (Å²) in [6, 6.07) is 1.65. The van der Waals surface area contributed by atoms with Gasteiger partial charge < -0.3 is 10.8 Å². The van der Waals surface area contributed by atoms with Crippen molar-refractivity contribution in [1.82, 2.24) is 15.0 Å². The Morgan fingerprint density at radius 2 is 2.29 bits per heavy atom. The molecular formula is C8H8N4OS. The minimum atomic E-state index is -0.771. The topological polar surface area (TPSA) is 84.9 Å². The van der Waals surface area contributed by atoms with Crippen molar-refractivity contribution in [3.05, 3.63) is 35.4 Å². The van der Waals surface area contributed by atoms with Gasteiger partial charge in [-0.2, -0.15) is 0 Å². The van der Waals surface area contributed by atoms with Crippen molar-refractivity contribution in [2.75, 3.05) is 5.73 Å². The molecule has 1 atom stereocenters. The van der Waals surface area contributed by atoms with Gasteiger partial charge in [0.05, 0.1) is 10.6 Å². The summed E-state index contributed by atoms with van der Waals surface area (Å²) in [5, 5.41) is 10.3. The first-order valence-electron chi connectivity index (χ1n) is 3.92. The Morgan fingerprint density at radius 3 is 2.86 bits per heavy atom. The number of thiazole rings is 1. The molecule has 0 aromatic carbocycles. The van der Waals surface area contributed by atoms with Crippen LogP contribution in [0.2, 0.25) is 0 Å². The van der Waals surface area contributed by atoms with Crippen molar-refractivity contribution in [2.24, 2.45) is 0 Å². The van der Waals surface area contributed by atoms with Gasteiger partial charge in [0.15, 0.2) is 5.13 Å². The van der Waals surface area contributed by atoms with Crippen molar-refractivity contribution in [2.45, 2.75) is 6.10 Å². The van der Waals surface area contributed by atoms with E-state index < -0.39 is 6.10 Å². The molecule has 72 valence electrons. The average Bonchev–Trinajstić information content (AvgIpc) is 2.65. The highest BCUT2D eigenvalue weighted by Crippen LogP contribution is 2.25. The predicted octanol–water partition coefficient (Wildman–Crippen LogP) is 0.597. The second-order valence-electron chi connectivity index (χ2n) is 2.64. The molecule has 0 radical (unpaired) electrons. The lowest BCUT2D eigenvalue weighted by atomic mass is 10.2. The van der Waals surface area contributed by atoms with E-state index in [1.54, 1.807) is 18.5 Å². The molecule has 0 saturated heterocycles. The highest BCUT2D eigenvalue weighted by molar-refractivity contribution is 7.15. The molecule has 0 aliphatic rings. The molecule has 6 heteroatoms. The number of nitrogens with two attached hydrogens (primary N) is 1. The van der Waals surface area contributed by atoms with E-state index in [4.69, 9.17) is 5.73 Å². The molecule has 2 aromatic heterocycles. The maximum absolute atomic E-state index is 9.83. The molecule has 0 aliphatic carbocycles. The van der Waals surface area contributed by atoms with Crippen molar-refractivity contribution in [3.8, 4) is 0 Å². The van der Waals surface area contributed by atoms with Crippen molar-refractivity contribution in [3.63, 3.8) is 0 Å². The van der Waals surface area contributed by atoms with Gasteiger partial charge in [-0.25, -0.2) is 15.0 Å². The normalized spacial score (nSPS) is 12.6. The average molecular weight is 208 g/mol. The van der Waals surface area contributed by atoms with E-state index >= 15 is 0 Å². The maximum Gasteiger partial charge on any atom is 0.180 e. The van der Waals surface area contributed by atoms with Crippen LogP contribution in [-0.4, -0.2) is 20.1 Å². The summed E-state index contributed by atoms with van der Waals surface area (Å²) in [5.74, 6) is 0. The van der Waals surface area contributed by atoms with E-state index in [2.05, 4.69) is 15.0 Å². The van der Waals surface area contributed by atoms with Gasteiger partial charge in [0, 0.05) is 12.4 Å². The summed E-state index contributed by atoms with van der Waals surface area (Å²) in [5.41, 5.74) is 6.00. The van der Waals surface area contributed by atoms with Crippen molar-refractivity contribution in [1.29, 1.82) is 0 Å². The lowest BCUT2D eigenvalue weighted by Crippen LogP contribution is -1.99. The fourth-order valence-corrected chi connectivity index (χ4v) is 1.72. The third-order valence-electron chi connectivity index (χ3n) is 1.70. The number of hydrogen-bond acceptors (Lipinski definition) is 6. The van der Waals surface area contributed by atoms with Gasteiger partial charge in [-0.1, -0.05) is 11.3 Å². The molecule has 2 aromatic rings. The van der Waals surface area contributed by atoms with Crippen LogP contribution in [0.15, 0.2) is 24.8 Å². The standard InChI is InChI=1S/C8H8N4OS/c9-8-11-3-6(14-8)7(13)5-1-2-10-4-12-5/h1-4,7,13H,(H2,9,11). The van der Waals surface area contributed by atoms with Crippen LogP contribution < -0.4 is 5.73 Å². The van der Waals surface area contributed by atoms with Gasteiger partial charge in [-0.15, -0.1) is 0 Å². The van der Waals surface area contributed by atoms with E-state index in [-0.39, 0.29) is 0 Å². The second kappa shape index (κ2) is 3.69. The molecule has 0 aliphatic heterocycles. The number of nitrogen functional groups attached to an aromatic ring is 1. The third-order valence-corrected chi connectivity index (χ3v) is 2.57. The van der Waals surface area contributed by atoms with E-state index in [0.717, 1.165) is 0 Å². The Balaban J connectivity index is 2.29. The zero-order valence-electron chi connectivity index (χ0n) is 7.16. The fraction of sp³-hybridized carbons (Fsp3) is 0.125. The number of rotatable bonds is 2. The molecule has 0 amide bonds. The molecule has 2 rings (SSSR count). The molecule has 5 nitrogen and oxygen atoms in total. The fourth-order valence-electron chi connectivity index (χ4n) is 1.04. The largest absolute Gasteiger partial charge is 0.381 e. The number of aromatic nitrogens is 3. The van der Waals surface area contributed by atoms with E-state index in [1.807, 2.05) is 0 Å². The molecule has 2 heterocycles. The number of hydrogen-bond donors (Lipinski definition) is 2. The number of aliphatic hydroxyl groups excluding tert-OH is 1. The van der Waals surface area contributed by atoms with Crippen LogP contribution in [-0.2, 0) is 0 Å². The minimum absolute atomic E-state index is 0.438. The van der Waals surface area contributed by atoms with Crippen molar-refractivity contribution < 1.29 is 5.11 Å². The Morgan fingerprint density at radius 1 is 1.43 bits per heavy atom. The van der Waals surface area contributed by atoms with Crippen LogP contribution in [0.25, 0.3) is 0 Å². The molecular weight excluding hydrogens is 200 g/mol. The monoisotopic (exact) mass is 208 g/mol. The van der Waals surface area contributed by atoms with Gasteiger partial charge in [-0.3, -0.25) is 0 Å². The summed E-state index contributed by atoms with van der Waals surface area (Å²) in [7, 11) is 0. The van der Waals surface area contributed by atoms with Crippen LogP contribution in [0.4, 0.5) is 5.13 Å². The molecule has 1 unspecified atom stereocenters. The van der Waals surface area contributed by atoms with Gasteiger partial charge in [0.2, 0.25) is 0 Å². The van der Waals surface area contributed by atoms with Gasteiger partial charge in [-0.05, 0) is 6.07 Å². The molecule has 0 saturated carbocycles. The van der Waals surface area contributed by atoms with Gasteiger partial charge >= 0.3 is 0 Å². The molecule has 0 fully saturated rings. The van der Waals surface area contributed by atoms with Crippen LogP contribution in [0, 0.1) is 0 Å². The SMILES string of the molecule is Nc1ncc(C(O)c2ccncn2)s1. The Bertz CT molecular complexity index is 416. The number of aliphatic hydroxyl groups is 1. The second-order valence-corrected chi connectivity index (χ2v) is 3.73. The number of anilines is 1. The first kappa shape index (κ1) is 9.04. The van der Waals surface area contributed by atoms with E-state index in [9.17, 15) is 5.11 Å². The van der Waals surface area contributed by atoms with Crippen molar-refractivity contribution >= 4 is 16.5 Å². The Kier molecular flexibility index (Phi) is 2.38. The minimum Gasteiger partial charge on any atom is -0.381 e. The maximum atomic E-state index is 9.83. The quantitative estimate of drug-likeness (QED) is 0.754. The highest BCUT2D eigenvalue weighted by Gasteiger charge is 2.13. The molecule has 14 heavy (non-hydrogen) atoms. The first-order valence-corrected chi connectivity index (χ1v) is 4.74. The van der Waals surface area contributed by atoms with E-state index in [0.29, 0.717) is 15.7 Å². The summed E-state index contributed by atoms with van der Waals surface area (Å²) >= 11 is 1.25. The summed E-state index contributed by atoms with van der Waals surface area (Å²) in [6.07, 6.45) is 3.75. The zero-order valence-corrected chi connectivity index (χ0v) is 7.98. The summed E-state index contributed by atoms with van der Waals surface area (Å²) < 4.78 is 0. The molecule has 0 bridgehead atoms. The lowest BCUT2D eigenvalue weighted by molar-refractivity contribution is 0.218. The van der Waals surface area contributed by atoms with Crippen LogP contribution in [0.1, 0.15) is 16.7 Å². The lowest BCUT2D eigenvalue weighted by Gasteiger charge is -2.05. The smallest absolute Gasteiger partial charge is 0.180 e. The van der Waals surface area contributed by atoms with Gasteiger partial charge in [0.1, 0.15) is 12.4 Å². The van der Waals surface area contributed by atoms with Crippen LogP contribution >= 0.6 is 11.3 Å². The van der Waals surface area contributed by atoms with Crippen LogP contribution in [0.5, 0.6) is 0 Å². The summed E-state index contributed by atoms with van der Waals surface area (Å²) in [4.78, 5) is 12.2. The molecule has 0 spiro atoms. The predicted molar refractivity (Wildman–Crippen MR) is 52.6 cm³/mol. The zero-order chi connectivity index (χ0) is 9.97. The Labute approximate surface area is 84.3 Å². The highest BCUT2D eigenvalue weighted by atomic mass is 32.1. The number of nitrogens with zero attached hydrogens (tertiary/aromatic N) is 3. The third kappa shape index (κ3) is 1.70. The van der Waals surface area contributed by atoms with Crippen LogP contribution in [0.3, 0.4) is 0 Å².